The number of hydrogen-bond acceptors (Lipinski definition) is 3. The van der Waals surface area contributed by atoms with Crippen molar-refractivity contribution in [2.75, 3.05) is 0 Å². The van der Waals surface area contributed by atoms with Crippen molar-refractivity contribution in [2.45, 2.75) is 0 Å². The topological polar surface area (TPSA) is 48.0 Å². The zero-order chi connectivity index (χ0) is 14.1. The van der Waals surface area contributed by atoms with Crippen LogP contribution in [0.5, 0.6) is 0 Å². The van der Waals surface area contributed by atoms with E-state index < -0.39 is 0 Å². The van der Waals surface area contributed by atoms with Crippen molar-refractivity contribution in [3.05, 3.63) is 58.4 Å². The number of hydrogen-bond donors (Lipinski definition) is 0. The molecule has 1 aromatic carbocycles. The van der Waals surface area contributed by atoms with Gasteiger partial charge in [0.15, 0.2) is 12.0 Å². The number of rotatable bonds is 3. The van der Waals surface area contributed by atoms with Gasteiger partial charge in [-0.15, -0.1) is 0 Å². The lowest BCUT2D eigenvalue weighted by molar-refractivity contribution is 0.112. The van der Waals surface area contributed by atoms with Crippen LogP contribution in [0.15, 0.2) is 47.2 Å². The maximum Gasteiger partial charge on any atom is 0.154 e. The monoisotopic (exact) mass is 306 g/mol. The van der Waals surface area contributed by atoms with Crippen LogP contribution < -0.4 is 0 Å². The maximum atomic E-state index is 11.1. The normalized spacial score (nSPS) is 10.7. The molecule has 4 nitrogen and oxygen atoms in total. The fourth-order valence-electron chi connectivity index (χ4n) is 1.84. The zero-order valence-electron chi connectivity index (χ0n) is 10.1. The Labute approximate surface area is 124 Å². The smallest absolute Gasteiger partial charge is 0.154 e. The van der Waals surface area contributed by atoms with Crippen molar-refractivity contribution in [1.82, 2.24) is 9.78 Å². The molecular weight excluding hydrogens is 299 g/mol. The van der Waals surface area contributed by atoms with E-state index in [-0.39, 0.29) is 0 Å². The van der Waals surface area contributed by atoms with Gasteiger partial charge in [0, 0.05) is 6.20 Å². The van der Waals surface area contributed by atoms with E-state index in [9.17, 15) is 4.79 Å². The quantitative estimate of drug-likeness (QED) is 0.680. The summed E-state index contributed by atoms with van der Waals surface area (Å²) >= 11 is 11.9. The number of aldehydes is 1. The van der Waals surface area contributed by atoms with Gasteiger partial charge in [0.2, 0.25) is 0 Å². The first-order valence-electron chi connectivity index (χ1n) is 5.73. The Morgan fingerprint density at radius 2 is 2.05 bits per heavy atom. The molecule has 3 aromatic rings. The van der Waals surface area contributed by atoms with Gasteiger partial charge in [-0.2, -0.15) is 5.10 Å². The number of nitrogens with zero attached hydrogens (tertiary/aromatic N) is 2. The maximum absolute atomic E-state index is 11.1. The summed E-state index contributed by atoms with van der Waals surface area (Å²) in [7, 11) is 0. The molecule has 0 N–H and O–H groups in total. The minimum absolute atomic E-state index is 0.423. The Morgan fingerprint density at radius 3 is 2.70 bits per heavy atom. The first kappa shape index (κ1) is 13.0. The average molecular weight is 307 g/mol. The number of carbonyl (C=O) groups is 1. The zero-order valence-corrected chi connectivity index (χ0v) is 11.6. The highest BCUT2D eigenvalue weighted by atomic mass is 35.5. The van der Waals surface area contributed by atoms with E-state index in [4.69, 9.17) is 27.6 Å². The summed E-state index contributed by atoms with van der Waals surface area (Å²) in [6, 6.07) is 8.60. The summed E-state index contributed by atoms with van der Waals surface area (Å²) in [5.41, 5.74) is 1.63. The fourth-order valence-corrected chi connectivity index (χ4v) is 2.13. The van der Waals surface area contributed by atoms with Crippen LogP contribution >= 0.6 is 23.2 Å². The molecule has 0 saturated carbocycles. The molecule has 2 aromatic heterocycles. The fraction of sp³-hybridized carbons (Fsp3) is 0. The number of furan rings is 1. The predicted octanol–water partition coefficient (Wildman–Crippen LogP) is 4.25. The lowest BCUT2D eigenvalue weighted by Crippen LogP contribution is -1.94. The first-order chi connectivity index (χ1) is 9.69. The van der Waals surface area contributed by atoms with Gasteiger partial charge >= 0.3 is 0 Å². The van der Waals surface area contributed by atoms with Gasteiger partial charge in [-0.05, 0) is 30.3 Å². The molecule has 0 atom stereocenters. The first-order valence-corrected chi connectivity index (χ1v) is 6.49. The summed E-state index contributed by atoms with van der Waals surface area (Å²) in [6.45, 7) is 0. The van der Waals surface area contributed by atoms with Gasteiger partial charge in [0.05, 0.1) is 27.6 Å². The minimum Gasteiger partial charge on any atom is -0.463 e. The number of halogens is 2. The largest absolute Gasteiger partial charge is 0.463 e. The number of aromatic nitrogens is 2. The highest BCUT2D eigenvalue weighted by molar-refractivity contribution is 6.42. The molecule has 0 unspecified atom stereocenters. The van der Waals surface area contributed by atoms with Crippen LogP contribution in [0.4, 0.5) is 0 Å². The second-order valence-electron chi connectivity index (χ2n) is 4.07. The third kappa shape index (κ3) is 2.24. The van der Waals surface area contributed by atoms with Crippen molar-refractivity contribution < 1.29 is 9.21 Å². The molecule has 6 heteroatoms. The lowest BCUT2D eigenvalue weighted by atomic mass is 10.2. The molecule has 0 amide bonds. The third-order valence-corrected chi connectivity index (χ3v) is 3.53. The van der Waals surface area contributed by atoms with Gasteiger partial charge in [-0.3, -0.25) is 4.79 Å². The summed E-state index contributed by atoms with van der Waals surface area (Å²) < 4.78 is 6.83. The van der Waals surface area contributed by atoms with Crippen LogP contribution in [0, 0.1) is 0 Å². The summed E-state index contributed by atoms with van der Waals surface area (Å²) in [5.74, 6) is 0.533. The molecule has 0 aliphatic heterocycles. The molecule has 100 valence electrons. The van der Waals surface area contributed by atoms with E-state index in [1.54, 1.807) is 41.2 Å². The Morgan fingerprint density at radius 1 is 1.20 bits per heavy atom. The second-order valence-corrected chi connectivity index (χ2v) is 4.89. The van der Waals surface area contributed by atoms with E-state index >= 15 is 0 Å². The van der Waals surface area contributed by atoms with Crippen molar-refractivity contribution in [3.8, 4) is 17.1 Å². The van der Waals surface area contributed by atoms with Crippen LogP contribution in [0.2, 0.25) is 10.0 Å². The van der Waals surface area contributed by atoms with Crippen LogP contribution in [0.3, 0.4) is 0 Å². The number of carbonyl (C=O) groups excluding carboxylic acids is 1. The van der Waals surface area contributed by atoms with Gasteiger partial charge in [0.25, 0.3) is 0 Å². The van der Waals surface area contributed by atoms with E-state index in [1.807, 2.05) is 0 Å². The van der Waals surface area contributed by atoms with Crippen molar-refractivity contribution >= 4 is 29.5 Å². The molecule has 20 heavy (non-hydrogen) atoms. The highest BCUT2D eigenvalue weighted by Gasteiger charge is 2.14. The molecule has 0 aliphatic carbocycles. The van der Waals surface area contributed by atoms with Crippen molar-refractivity contribution in [1.29, 1.82) is 0 Å². The highest BCUT2D eigenvalue weighted by Crippen LogP contribution is 2.26. The standard InChI is InChI=1S/C14H8Cl2N2O2/c15-11-4-3-10(6-12(11)16)18-7-9(8-19)14(17-18)13-2-1-5-20-13/h1-8H. The molecule has 0 bridgehead atoms. The molecule has 3 rings (SSSR count). The van der Waals surface area contributed by atoms with Gasteiger partial charge in [-0.25, -0.2) is 4.68 Å². The predicted molar refractivity (Wildman–Crippen MR) is 76.7 cm³/mol. The lowest BCUT2D eigenvalue weighted by Gasteiger charge is -2.02. The average Bonchev–Trinajstić information content (AvgIpc) is 3.09. The minimum atomic E-state index is 0.423. The van der Waals surface area contributed by atoms with Crippen LogP contribution in [-0.4, -0.2) is 16.1 Å². The van der Waals surface area contributed by atoms with Crippen molar-refractivity contribution in [2.24, 2.45) is 0 Å². The molecule has 0 fully saturated rings. The van der Waals surface area contributed by atoms with Gasteiger partial charge in [-0.1, -0.05) is 23.2 Å². The molecular formula is C14H8Cl2N2O2. The van der Waals surface area contributed by atoms with Crippen molar-refractivity contribution in [3.63, 3.8) is 0 Å². The number of benzene rings is 1. The van der Waals surface area contributed by atoms with Crippen LogP contribution in [0.1, 0.15) is 10.4 Å². The molecule has 0 spiro atoms. The summed E-state index contributed by atoms with van der Waals surface area (Å²) in [5, 5.41) is 5.24. The Kier molecular flexibility index (Phi) is 3.34. The van der Waals surface area contributed by atoms with Gasteiger partial charge < -0.3 is 4.42 Å². The summed E-state index contributed by atoms with van der Waals surface area (Å²) in [6.07, 6.45) is 3.88. The third-order valence-electron chi connectivity index (χ3n) is 2.79. The van der Waals surface area contributed by atoms with E-state index in [1.165, 1.54) is 6.26 Å². The molecule has 2 heterocycles. The molecule has 0 saturated heterocycles. The van der Waals surface area contributed by atoms with Crippen LogP contribution in [-0.2, 0) is 0 Å². The molecule has 0 radical (unpaired) electrons. The Bertz CT molecular complexity index is 764. The second kappa shape index (κ2) is 5.15. The Hall–Kier alpha value is -2.04. The van der Waals surface area contributed by atoms with Gasteiger partial charge in [0.1, 0.15) is 5.69 Å². The van der Waals surface area contributed by atoms with E-state index in [0.29, 0.717) is 32.8 Å². The molecule has 0 aliphatic rings. The SMILES string of the molecule is O=Cc1cn(-c2ccc(Cl)c(Cl)c2)nc1-c1ccco1. The van der Waals surface area contributed by atoms with E-state index in [2.05, 4.69) is 5.10 Å². The van der Waals surface area contributed by atoms with E-state index in [0.717, 1.165) is 6.29 Å². The summed E-state index contributed by atoms with van der Waals surface area (Å²) in [4.78, 5) is 11.1. The van der Waals surface area contributed by atoms with Crippen LogP contribution in [0.25, 0.3) is 17.1 Å². The Balaban J connectivity index is 2.11.